The molecule has 0 radical (unpaired) electrons. The number of aryl methyl sites for hydroxylation is 1. The van der Waals surface area contributed by atoms with Crippen LogP contribution in [0, 0.1) is 10.1 Å². The van der Waals surface area contributed by atoms with Gasteiger partial charge in [0.25, 0.3) is 5.69 Å². The van der Waals surface area contributed by atoms with Crippen LogP contribution in [0.5, 0.6) is 17.2 Å². The number of hydrogen-bond donors (Lipinski definition) is 2. The first kappa shape index (κ1) is 29.2. The lowest BCUT2D eigenvalue weighted by Gasteiger charge is -2.17. The Balaban J connectivity index is 1.50. The minimum absolute atomic E-state index is 0.0496. The van der Waals surface area contributed by atoms with Crippen molar-refractivity contribution in [3.8, 4) is 28.4 Å². The number of nitrogens with zero attached hydrogens (tertiary/aromatic N) is 3. The number of non-ortho nitro benzene ring substituents is 1. The molecule has 4 aromatic rings. The number of anilines is 2. The third-order valence-corrected chi connectivity index (χ3v) is 6.97. The van der Waals surface area contributed by atoms with Crippen LogP contribution in [-0.2, 0) is 23.9 Å². The molecule has 4 rings (SSSR count). The molecule has 1 atom stereocenters. The highest BCUT2D eigenvalue weighted by Crippen LogP contribution is 2.39. The second-order valence-electron chi connectivity index (χ2n) is 8.95. The molecule has 0 fully saturated rings. The van der Waals surface area contributed by atoms with Crippen molar-refractivity contribution < 1.29 is 27.9 Å². The van der Waals surface area contributed by atoms with E-state index in [1.165, 1.54) is 32.4 Å². The van der Waals surface area contributed by atoms with Crippen molar-refractivity contribution in [3.63, 3.8) is 0 Å². The van der Waals surface area contributed by atoms with Crippen molar-refractivity contribution >= 4 is 28.5 Å². The van der Waals surface area contributed by atoms with E-state index in [1.807, 2.05) is 12.1 Å². The quantitative estimate of drug-likeness (QED) is 0.107. The molecule has 1 heterocycles. The van der Waals surface area contributed by atoms with E-state index in [0.717, 1.165) is 11.1 Å². The standard InChI is InChI=1S/C28H29N5O7S/c1-38-24-13-17(12-20-16-31-28(30)32-27(20)29)14-25(39-2)26(24)40-11-3-4-18-7-10-22(41(36)37)15-23(18)19-5-8-21(9-6-19)33(34)35/h5-10,13-16H,3-4,11-12H2,1-2H3,(H,36,37)(H4,29,30,31,32)/p-1. The predicted octanol–water partition coefficient (Wildman–Crippen LogP) is 4.07. The monoisotopic (exact) mass is 578 g/mol. The van der Waals surface area contributed by atoms with Crippen molar-refractivity contribution in [1.82, 2.24) is 9.97 Å². The molecule has 1 unspecified atom stereocenters. The molecule has 0 saturated heterocycles. The lowest BCUT2D eigenvalue weighted by Crippen LogP contribution is -2.06. The highest BCUT2D eigenvalue weighted by atomic mass is 32.2. The van der Waals surface area contributed by atoms with E-state index in [9.17, 15) is 18.9 Å². The van der Waals surface area contributed by atoms with Crippen LogP contribution in [0.3, 0.4) is 0 Å². The molecular weight excluding hydrogens is 550 g/mol. The van der Waals surface area contributed by atoms with Crippen LogP contribution in [0.4, 0.5) is 17.5 Å². The largest absolute Gasteiger partial charge is 0.768 e. The molecule has 0 saturated carbocycles. The van der Waals surface area contributed by atoms with E-state index in [0.29, 0.717) is 65.6 Å². The van der Waals surface area contributed by atoms with Gasteiger partial charge in [-0.3, -0.25) is 14.3 Å². The summed E-state index contributed by atoms with van der Waals surface area (Å²) in [7, 11) is 3.06. The fourth-order valence-electron chi connectivity index (χ4n) is 4.31. The average molecular weight is 579 g/mol. The Hall–Kier alpha value is -4.75. The maximum Gasteiger partial charge on any atom is 0.269 e. The molecule has 0 aliphatic heterocycles. The Morgan fingerprint density at radius 2 is 1.66 bits per heavy atom. The summed E-state index contributed by atoms with van der Waals surface area (Å²) in [5.74, 6) is 1.78. The van der Waals surface area contributed by atoms with Crippen LogP contribution in [0.25, 0.3) is 11.1 Å². The van der Waals surface area contributed by atoms with Crippen LogP contribution >= 0.6 is 0 Å². The zero-order valence-corrected chi connectivity index (χ0v) is 23.2. The van der Waals surface area contributed by atoms with Gasteiger partial charge in [0.1, 0.15) is 5.82 Å². The molecule has 0 spiro atoms. The van der Waals surface area contributed by atoms with Crippen LogP contribution in [-0.4, -0.2) is 44.5 Å². The van der Waals surface area contributed by atoms with Gasteiger partial charge in [-0.1, -0.05) is 6.07 Å². The summed E-state index contributed by atoms with van der Waals surface area (Å²) in [6.45, 7) is 0.305. The highest BCUT2D eigenvalue weighted by molar-refractivity contribution is 7.79. The molecule has 13 heteroatoms. The van der Waals surface area contributed by atoms with E-state index in [-0.39, 0.29) is 16.5 Å². The van der Waals surface area contributed by atoms with Gasteiger partial charge in [0.2, 0.25) is 11.7 Å². The number of methoxy groups -OCH3 is 2. The molecule has 0 bridgehead atoms. The summed E-state index contributed by atoms with van der Waals surface area (Å²) in [6, 6.07) is 14.5. The zero-order valence-electron chi connectivity index (χ0n) is 22.4. The van der Waals surface area contributed by atoms with Gasteiger partial charge in [-0.05, 0) is 82.6 Å². The van der Waals surface area contributed by atoms with Gasteiger partial charge in [-0.15, -0.1) is 0 Å². The van der Waals surface area contributed by atoms with Gasteiger partial charge in [-0.25, -0.2) is 4.98 Å². The smallest absolute Gasteiger partial charge is 0.269 e. The number of rotatable bonds is 12. The second-order valence-corrected chi connectivity index (χ2v) is 9.90. The number of ether oxygens (including phenoxy) is 3. The minimum atomic E-state index is -2.42. The van der Waals surface area contributed by atoms with Gasteiger partial charge in [0, 0.05) is 35.2 Å². The van der Waals surface area contributed by atoms with E-state index in [2.05, 4.69) is 9.97 Å². The number of nitrogens with two attached hydrogens (primary N) is 2. The molecular formula is C28H28N5O7S-. The Morgan fingerprint density at radius 3 is 2.24 bits per heavy atom. The third-order valence-electron chi connectivity index (χ3n) is 6.33. The first-order chi connectivity index (χ1) is 19.7. The summed E-state index contributed by atoms with van der Waals surface area (Å²) < 4.78 is 40.4. The van der Waals surface area contributed by atoms with Crippen LogP contribution < -0.4 is 25.7 Å². The van der Waals surface area contributed by atoms with Crippen molar-refractivity contribution in [3.05, 3.63) is 87.6 Å². The number of nitro groups is 1. The lowest BCUT2D eigenvalue weighted by atomic mass is 9.96. The first-order valence-electron chi connectivity index (χ1n) is 12.4. The van der Waals surface area contributed by atoms with E-state index >= 15 is 0 Å². The molecule has 0 aliphatic carbocycles. The van der Waals surface area contributed by atoms with Gasteiger partial charge in [0.05, 0.1) is 25.7 Å². The third kappa shape index (κ3) is 7.07. The molecule has 41 heavy (non-hydrogen) atoms. The zero-order chi connectivity index (χ0) is 29.5. The average Bonchev–Trinajstić information content (AvgIpc) is 2.96. The Bertz CT molecular complexity index is 1560. The predicted molar refractivity (Wildman–Crippen MR) is 153 cm³/mol. The molecule has 4 N–H and O–H groups in total. The Kier molecular flexibility index (Phi) is 9.32. The molecule has 0 amide bonds. The number of nitrogen functional groups attached to an aromatic ring is 2. The maximum absolute atomic E-state index is 11.6. The van der Waals surface area contributed by atoms with Gasteiger partial charge in [-0.2, -0.15) is 4.98 Å². The summed E-state index contributed by atoms with van der Waals surface area (Å²) in [6.07, 6.45) is 3.13. The summed E-state index contributed by atoms with van der Waals surface area (Å²) in [5.41, 5.74) is 15.3. The first-order valence-corrected chi connectivity index (χ1v) is 13.5. The lowest BCUT2D eigenvalue weighted by molar-refractivity contribution is -0.384. The fourth-order valence-corrected chi connectivity index (χ4v) is 4.71. The van der Waals surface area contributed by atoms with Crippen molar-refractivity contribution in [2.75, 3.05) is 32.3 Å². The van der Waals surface area contributed by atoms with Crippen molar-refractivity contribution in [2.45, 2.75) is 24.2 Å². The van der Waals surface area contributed by atoms with Crippen LogP contribution in [0.2, 0.25) is 0 Å². The van der Waals surface area contributed by atoms with Crippen molar-refractivity contribution in [1.29, 1.82) is 0 Å². The molecule has 3 aromatic carbocycles. The number of aromatic nitrogens is 2. The highest BCUT2D eigenvalue weighted by Gasteiger charge is 2.16. The summed E-state index contributed by atoms with van der Waals surface area (Å²) in [4.78, 5) is 18.7. The Labute approximate surface area is 238 Å². The van der Waals surface area contributed by atoms with E-state index < -0.39 is 16.0 Å². The Morgan fingerprint density at radius 1 is 0.976 bits per heavy atom. The summed E-state index contributed by atoms with van der Waals surface area (Å²) >= 11 is -2.42. The second kappa shape index (κ2) is 13.1. The van der Waals surface area contributed by atoms with Crippen molar-refractivity contribution in [2.24, 2.45) is 0 Å². The molecule has 1 aromatic heterocycles. The van der Waals surface area contributed by atoms with Crippen LogP contribution in [0.15, 0.2) is 65.7 Å². The molecule has 0 aliphatic rings. The van der Waals surface area contributed by atoms with Gasteiger partial charge >= 0.3 is 0 Å². The van der Waals surface area contributed by atoms with Gasteiger partial charge in [0.15, 0.2) is 11.5 Å². The SMILES string of the molecule is COc1cc(Cc2cnc(N)nc2N)cc(OC)c1OCCCc1ccc(S(=O)[O-])cc1-c1ccc([N+](=O)[O-])cc1. The minimum Gasteiger partial charge on any atom is -0.768 e. The summed E-state index contributed by atoms with van der Waals surface area (Å²) in [5, 5.41) is 11.0. The van der Waals surface area contributed by atoms with Crippen LogP contribution in [0.1, 0.15) is 23.1 Å². The fraction of sp³-hybridized carbons (Fsp3) is 0.214. The number of benzene rings is 3. The number of hydrogen-bond acceptors (Lipinski definition) is 11. The van der Waals surface area contributed by atoms with Gasteiger partial charge < -0.3 is 30.2 Å². The normalized spacial score (nSPS) is 11.6. The van der Waals surface area contributed by atoms with E-state index in [4.69, 9.17) is 25.7 Å². The maximum atomic E-state index is 11.6. The number of nitro benzene ring substituents is 1. The molecule has 12 nitrogen and oxygen atoms in total. The van der Waals surface area contributed by atoms with E-state index in [1.54, 1.807) is 30.5 Å². The topological polar surface area (TPSA) is 189 Å². The molecule has 214 valence electrons.